The number of thioether (sulfide) groups is 1. The van der Waals surface area contributed by atoms with E-state index in [1.54, 1.807) is 15.9 Å². The van der Waals surface area contributed by atoms with Crippen LogP contribution in [0.2, 0.25) is 0 Å². The zero-order valence-electron chi connectivity index (χ0n) is 15.8. The van der Waals surface area contributed by atoms with E-state index in [9.17, 15) is 9.59 Å². The summed E-state index contributed by atoms with van der Waals surface area (Å²) < 4.78 is 1.73. The Labute approximate surface area is 157 Å². The largest absolute Gasteiger partial charge is 0.355 e. The first kappa shape index (κ1) is 20.0. The molecule has 7 heteroatoms. The highest BCUT2D eigenvalue weighted by Gasteiger charge is 2.18. The van der Waals surface area contributed by atoms with Gasteiger partial charge in [-0.1, -0.05) is 39.5 Å². The zero-order valence-corrected chi connectivity index (χ0v) is 17.4. The Hall–Kier alpha value is -1.34. The van der Waals surface area contributed by atoms with Crippen molar-refractivity contribution in [1.29, 1.82) is 0 Å². The lowest BCUT2D eigenvalue weighted by molar-refractivity contribution is -0.118. The predicted molar refractivity (Wildman–Crippen MR) is 107 cm³/mol. The minimum Gasteiger partial charge on any atom is -0.355 e. The first-order valence-corrected chi connectivity index (χ1v) is 10.4. The van der Waals surface area contributed by atoms with Crippen LogP contribution in [0.4, 0.5) is 0 Å². The van der Waals surface area contributed by atoms with Crippen molar-refractivity contribution in [3.05, 3.63) is 20.8 Å². The molecule has 0 unspecified atom stereocenters. The summed E-state index contributed by atoms with van der Waals surface area (Å²) in [6, 6.07) is 0. The Morgan fingerprint density at radius 2 is 1.92 bits per heavy atom. The minimum atomic E-state index is -0.0253. The SMILES string of the molecule is Cc1sc2nc(SCC(=O)NCC(C)C)n(CC(C)C)c(=O)c2c1C. The van der Waals surface area contributed by atoms with Crippen LogP contribution in [-0.2, 0) is 11.3 Å². The second-order valence-corrected chi connectivity index (χ2v) is 9.30. The molecule has 2 aromatic rings. The van der Waals surface area contributed by atoms with Crippen LogP contribution < -0.4 is 10.9 Å². The van der Waals surface area contributed by atoms with Crippen LogP contribution in [0.15, 0.2) is 9.95 Å². The maximum atomic E-state index is 13.0. The molecule has 2 rings (SSSR count). The average molecular weight is 382 g/mol. The predicted octanol–water partition coefficient (Wildman–Crippen LogP) is 3.60. The van der Waals surface area contributed by atoms with Crippen molar-refractivity contribution in [1.82, 2.24) is 14.9 Å². The van der Waals surface area contributed by atoms with Crippen LogP contribution in [0.1, 0.15) is 38.1 Å². The summed E-state index contributed by atoms with van der Waals surface area (Å²) in [7, 11) is 0. The molecule has 2 aromatic heterocycles. The van der Waals surface area contributed by atoms with Crippen LogP contribution in [0.3, 0.4) is 0 Å². The molecule has 0 radical (unpaired) electrons. The second kappa shape index (κ2) is 8.36. The average Bonchev–Trinajstić information content (AvgIpc) is 2.80. The van der Waals surface area contributed by atoms with E-state index in [1.807, 2.05) is 13.8 Å². The quantitative estimate of drug-likeness (QED) is 0.588. The van der Waals surface area contributed by atoms with Gasteiger partial charge in [-0.15, -0.1) is 11.3 Å². The summed E-state index contributed by atoms with van der Waals surface area (Å²) in [6.45, 7) is 13.5. The number of hydrogen-bond acceptors (Lipinski definition) is 5. The standard InChI is InChI=1S/C18H27N3O2S2/c1-10(2)7-19-14(22)9-24-18-20-16-15(12(5)13(6)25-16)17(23)21(18)8-11(3)4/h10-11H,7-9H2,1-6H3,(H,19,22). The molecule has 0 saturated carbocycles. The van der Waals surface area contributed by atoms with E-state index >= 15 is 0 Å². The Morgan fingerprint density at radius 1 is 1.24 bits per heavy atom. The molecule has 5 nitrogen and oxygen atoms in total. The van der Waals surface area contributed by atoms with Gasteiger partial charge in [0, 0.05) is 18.0 Å². The van der Waals surface area contributed by atoms with Gasteiger partial charge in [-0.2, -0.15) is 0 Å². The van der Waals surface area contributed by atoms with E-state index in [2.05, 4.69) is 33.0 Å². The Kier molecular flexibility index (Phi) is 6.68. The number of hydrogen-bond donors (Lipinski definition) is 1. The van der Waals surface area contributed by atoms with Gasteiger partial charge in [0.25, 0.3) is 5.56 Å². The fourth-order valence-corrected chi connectivity index (χ4v) is 4.35. The molecular formula is C18H27N3O2S2. The summed E-state index contributed by atoms with van der Waals surface area (Å²) in [5.74, 6) is 0.986. The molecule has 1 N–H and O–H groups in total. The molecule has 0 saturated heterocycles. The maximum Gasteiger partial charge on any atom is 0.263 e. The van der Waals surface area contributed by atoms with Crippen LogP contribution in [-0.4, -0.2) is 27.8 Å². The molecule has 25 heavy (non-hydrogen) atoms. The molecule has 0 fully saturated rings. The van der Waals surface area contributed by atoms with Crippen molar-refractivity contribution in [3.8, 4) is 0 Å². The first-order valence-electron chi connectivity index (χ1n) is 8.60. The topological polar surface area (TPSA) is 64.0 Å². The highest BCUT2D eigenvalue weighted by molar-refractivity contribution is 7.99. The number of nitrogens with zero attached hydrogens (tertiary/aromatic N) is 2. The van der Waals surface area contributed by atoms with Gasteiger partial charge in [-0.05, 0) is 31.2 Å². The van der Waals surface area contributed by atoms with E-state index in [4.69, 9.17) is 4.98 Å². The Balaban J connectivity index is 2.34. The lowest BCUT2D eigenvalue weighted by Gasteiger charge is -2.14. The van der Waals surface area contributed by atoms with Crippen molar-refractivity contribution in [2.75, 3.05) is 12.3 Å². The van der Waals surface area contributed by atoms with E-state index in [1.165, 1.54) is 11.8 Å². The van der Waals surface area contributed by atoms with Gasteiger partial charge in [0.1, 0.15) is 4.83 Å². The number of nitrogens with one attached hydrogen (secondary N) is 1. The fourth-order valence-electron chi connectivity index (χ4n) is 2.44. The molecule has 138 valence electrons. The van der Waals surface area contributed by atoms with Crippen molar-refractivity contribution < 1.29 is 4.79 Å². The van der Waals surface area contributed by atoms with Gasteiger partial charge >= 0.3 is 0 Å². The third-order valence-corrected chi connectivity index (χ3v) is 5.92. The number of aromatic nitrogens is 2. The first-order chi connectivity index (χ1) is 11.7. The minimum absolute atomic E-state index is 0.00522. The monoisotopic (exact) mass is 381 g/mol. The van der Waals surface area contributed by atoms with Crippen molar-refractivity contribution >= 4 is 39.2 Å². The summed E-state index contributed by atoms with van der Waals surface area (Å²) >= 11 is 2.88. The number of rotatable bonds is 7. The van der Waals surface area contributed by atoms with Crippen molar-refractivity contribution in [2.45, 2.75) is 53.2 Å². The van der Waals surface area contributed by atoms with Gasteiger partial charge in [-0.3, -0.25) is 14.2 Å². The third-order valence-electron chi connectivity index (χ3n) is 3.84. The van der Waals surface area contributed by atoms with Gasteiger partial charge in [0.05, 0.1) is 11.1 Å². The van der Waals surface area contributed by atoms with Crippen LogP contribution in [0.5, 0.6) is 0 Å². The number of aryl methyl sites for hydroxylation is 2. The molecule has 0 aliphatic heterocycles. The Bertz CT molecular complexity index is 822. The molecule has 0 aliphatic carbocycles. The summed E-state index contributed by atoms with van der Waals surface area (Å²) in [5, 5.41) is 4.26. The highest BCUT2D eigenvalue weighted by atomic mass is 32.2. The molecule has 1 amide bonds. The molecule has 0 aliphatic rings. The number of thiophene rings is 1. The molecule has 0 spiro atoms. The normalized spacial score (nSPS) is 11.7. The van der Waals surface area contributed by atoms with E-state index in [0.717, 1.165) is 20.7 Å². The van der Waals surface area contributed by atoms with Crippen LogP contribution >= 0.6 is 23.1 Å². The van der Waals surface area contributed by atoms with Gasteiger partial charge in [0.2, 0.25) is 5.91 Å². The summed E-state index contributed by atoms with van der Waals surface area (Å²) in [4.78, 5) is 31.6. The third kappa shape index (κ3) is 4.85. The lowest BCUT2D eigenvalue weighted by Crippen LogP contribution is -2.30. The number of carbonyl (C=O) groups is 1. The van der Waals surface area contributed by atoms with Crippen molar-refractivity contribution in [2.24, 2.45) is 11.8 Å². The van der Waals surface area contributed by atoms with Crippen molar-refractivity contribution in [3.63, 3.8) is 0 Å². The van der Waals surface area contributed by atoms with Gasteiger partial charge in [0.15, 0.2) is 5.16 Å². The molecule has 2 heterocycles. The Morgan fingerprint density at radius 3 is 2.52 bits per heavy atom. The molecular weight excluding hydrogens is 354 g/mol. The van der Waals surface area contributed by atoms with E-state index < -0.39 is 0 Å². The number of amides is 1. The summed E-state index contributed by atoms with van der Waals surface area (Å²) in [6.07, 6.45) is 0. The van der Waals surface area contributed by atoms with E-state index in [0.29, 0.717) is 30.1 Å². The highest BCUT2D eigenvalue weighted by Crippen LogP contribution is 2.28. The molecule has 0 atom stereocenters. The van der Waals surface area contributed by atoms with Crippen LogP contribution in [0.25, 0.3) is 10.2 Å². The molecule has 0 aromatic carbocycles. The fraction of sp³-hybridized carbons (Fsp3) is 0.611. The number of fused-ring (bicyclic) bond motifs is 1. The summed E-state index contributed by atoms with van der Waals surface area (Å²) in [5.41, 5.74) is 1.02. The molecule has 0 bridgehead atoms. The van der Waals surface area contributed by atoms with Gasteiger partial charge in [-0.25, -0.2) is 4.98 Å². The zero-order chi connectivity index (χ0) is 18.7. The maximum absolute atomic E-state index is 13.0. The van der Waals surface area contributed by atoms with Gasteiger partial charge < -0.3 is 5.32 Å². The lowest BCUT2D eigenvalue weighted by atomic mass is 10.2. The van der Waals surface area contributed by atoms with E-state index in [-0.39, 0.29) is 17.2 Å². The van der Waals surface area contributed by atoms with Crippen LogP contribution in [0, 0.1) is 25.7 Å². The second-order valence-electron chi connectivity index (χ2n) is 7.15. The number of carbonyl (C=O) groups excluding carboxylic acids is 1. The smallest absolute Gasteiger partial charge is 0.263 e.